The Bertz CT molecular complexity index is 1060. The van der Waals surface area contributed by atoms with Gasteiger partial charge in [-0.05, 0) is 66.8 Å². The van der Waals surface area contributed by atoms with Crippen molar-refractivity contribution in [2.75, 3.05) is 13.7 Å². The predicted molar refractivity (Wildman–Crippen MR) is 144 cm³/mol. The molecule has 1 saturated carbocycles. The van der Waals surface area contributed by atoms with Gasteiger partial charge in [-0.25, -0.2) is 0 Å². The van der Waals surface area contributed by atoms with Gasteiger partial charge in [0.15, 0.2) is 6.61 Å². The maximum absolute atomic E-state index is 13.2. The van der Waals surface area contributed by atoms with Gasteiger partial charge in [0, 0.05) is 28.5 Å². The average molecular weight is 595 g/mol. The number of halogens is 2. The van der Waals surface area contributed by atoms with Crippen molar-refractivity contribution in [3.8, 4) is 5.75 Å². The molecule has 0 radical (unpaired) electrons. The quantitative estimate of drug-likeness (QED) is 0.324. The van der Waals surface area contributed by atoms with Crippen LogP contribution in [-0.4, -0.2) is 31.5 Å². The van der Waals surface area contributed by atoms with Gasteiger partial charge in [-0.15, -0.1) is 0 Å². The normalized spacial score (nSPS) is 28.2. The lowest BCUT2D eigenvalue weighted by Gasteiger charge is -2.47. The molecular weight excluding hydrogens is 563 g/mol. The van der Waals surface area contributed by atoms with E-state index in [4.69, 9.17) is 16.3 Å². The fourth-order valence-corrected chi connectivity index (χ4v) is 6.98. The summed E-state index contributed by atoms with van der Waals surface area (Å²) in [6.07, 6.45) is 2.58. The topological polar surface area (TPSA) is 67.4 Å². The van der Waals surface area contributed by atoms with Gasteiger partial charge >= 0.3 is 0 Å². The summed E-state index contributed by atoms with van der Waals surface area (Å²) in [4.78, 5) is 24.7. The molecule has 1 unspecified atom stereocenters. The van der Waals surface area contributed by atoms with Crippen molar-refractivity contribution in [1.82, 2.24) is 10.6 Å². The third kappa shape index (κ3) is 4.55. The summed E-state index contributed by atoms with van der Waals surface area (Å²) in [5, 5.41) is 6.46. The molecule has 34 heavy (non-hydrogen) atoms. The number of benzene rings is 2. The van der Waals surface area contributed by atoms with Gasteiger partial charge in [-0.1, -0.05) is 71.4 Å². The number of hydrogen-bond acceptors (Lipinski definition) is 3. The van der Waals surface area contributed by atoms with Crippen LogP contribution in [0.3, 0.4) is 0 Å². The number of hydrogen-bond donors (Lipinski definition) is 2. The Kier molecular flexibility index (Phi) is 7.77. The van der Waals surface area contributed by atoms with E-state index in [1.54, 1.807) is 13.1 Å². The zero-order chi connectivity index (χ0) is 24.5. The maximum Gasteiger partial charge on any atom is 0.257 e. The monoisotopic (exact) mass is 594 g/mol. The van der Waals surface area contributed by atoms with E-state index in [0.717, 1.165) is 29.3 Å². The highest BCUT2D eigenvalue weighted by atomic mass is 127. The molecule has 0 spiro atoms. The van der Waals surface area contributed by atoms with Crippen LogP contribution in [0.25, 0.3) is 0 Å². The molecule has 2 amide bonds. The average Bonchev–Trinajstić information content (AvgIpc) is 3.12. The van der Waals surface area contributed by atoms with Gasteiger partial charge in [0.1, 0.15) is 5.75 Å². The molecule has 2 aromatic rings. The second-order valence-corrected chi connectivity index (χ2v) is 10.7. The molecule has 7 heteroatoms. The van der Waals surface area contributed by atoms with Crippen LogP contribution in [-0.2, 0) is 14.0 Å². The lowest BCUT2D eigenvalue weighted by atomic mass is 9.54. The number of likely N-dealkylation sites (N-methyl/N-ethyl adjacent to an activating group) is 1. The number of amides is 2. The zero-order valence-corrected chi connectivity index (χ0v) is 22.8. The Labute approximate surface area is 220 Å². The molecule has 1 aliphatic carbocycles. The van der Waals surface area contributed by atoms with E-state index in [9.17, 15) is 9.59 Å². The Balaban J connectivity index is 1.73. The first-order valence-corrected chi connectivity index (χ1v) is 13.8. The molecule has 0 bridgehead atoms. The van der Waals surface area contributed by atoms with Crippen LogP contribution in [0.15, 0.2) is 42.5 Å². The van der Waals surface area contributed by atoms with Crippen LogP contribution in [0, 0.1) is 11.3 Å². The van der Waals surface area contributed by atoms with E-state index in [1.165, 1.54) is 11.1 Å². The fraction of sp³-hybridized carbons (Fsp3) is 0.481. The minimum absolute atomic E-state index is 0.0478. The van der Waals surface area contributed by atoms with Crippen LogP contribution in [0.2, 0.25) is 5.02 Å². The van der Waals surface area contributed by atoms with Gasteiger partial charge in [0.2, 0.25) is 5.91 Å². The minimum Gasteiger partial charge on any atom is -0.484 e. The van der Waals surface area contributed by atoms with Gasteiger partial charge in [-0.3, -0.25) is 9.59 Å². The third-order valence-corrected chi connectivity index (χ3v) is 9.09. The maximum atomic E-state index is 13.2. The Morgan fingerprint density at radius 2 is 2.00 bits per heavy atom. The number of ether oxygens (including phenoxy) is 1. The van der Waals surface area contributed by atoms with Crippen LogP contribution in [0.1, 0.15) is 61.6 Å². The van der Waals surface area contributed by atoms with Gasteiger partial charge in [0.05, 0.1) is 5.41 Å². The molecule has 2 fully saturated rings. The molecule has 5 nitrogen and oxygen atoms in total. The highest BCUT2D eigenvalue weighted by molar-refractivity contribution is 14.1. The van der Waals surface area contributed by atoms with E-state index in [-0.39, 0.29) is 47.6 Å². The van der Waals surface area contributed by atoms with E-state index >= 15 is 0 Å². The number of alkyl halides is 1. The molecule has 2 aliphatic rings. The van der Waals surface area contributed by atoms with Crippen molar-refractivity contribution < 1.29 is 14.3 Å². The summed E-state index contributed by atoms with van der Waals surface area (Å²) in [6.45, 7) is 4.24. The van der Waals surface area contributed by atoms with Crippen LogP contribution in [0.4, 0.5) is 0 Å². The molecule has 182 valence electrons. The largest absolute Gasteiger partial charge is 0.484 e. The molecule has 4 rings (SSSR count). The van der Waals surface area contributed by atoms with Crippen molar-refractivity contribution in [2.24, 2.45) is 11.3 Å². The first-order valence-electron chi connectivity index (χ1n) is 11.9. The number of nitrogens with one attached hydrogen (secondary N) is 2. The Morgan fingerprint density at radius 3 is 2.62 bits per heavy atom. The lowest BCUT2D eigenvalue weighted by molar-refractivity contribution is -0.131. The number of carbonyl (C=O) groups excluding carboxylic acids is 2. The van der Waals surface area contributed by atoms with Gasteiger partial charge < -0.3 is 15.4 Å². The van der Waals surface area contributed by atoms with Crippen LogP contribution in [0.5, 0.6) is 5.75 Å². The van der Waals surface area contributed by atoms with Gasteiger partial charge in [-0.2, -0.15) is 0 Å². The lowest BCUT2D eigenvalue weighted by Crippen LogP contribution is -2.43. The predicted octanol–water partition coefficient (Wildman–Crippen LogP) is 5.59. The molecule has 0 aromatic heterocycles. The van der Waals surface area contributed by atoms with Crippen LogP contribution < -0.4 is 15.4 Å². The fourth-order valence-electron chi connectivity index (χ4n) is 6.16. The minimum atomic E-state index is -0.342. The zero-order valence-electron chi connectivity index (χ0n) is 19.9. The molecule has 1 aliphatic heterocycles. The van der Waals surface area contributed by atoms with Crippen molar-refractivity contribution in [3.05, 3.63) is 64.2 Å². The number of carbonyl (C=O) groups is 2. The molecule has 1 heterocycles. The Hall–Kier alpha value is -1.80. The summed E-state index contributed by atoms with van der Waals surface area (Å²) < 4.78 is 6.57. The summed E-state index contributed by atoms with van der Waals surface area (Å²) >= 11 is 9.21. The van der Waals surface area contributed by atoms with Gasteiger partial charge in [0.25, 0.3) is 5.91 Å². The highest BCUT2D eigenvalue weighted by Crippen LogP contribution is 2.60. The molecule has 1 saturated heterocycles. The number of rotatable bonds is 7. The van der Waals surface area contributed by atoms with Crippen molar-refractivity contribution in [2.45, 2.75) is 55.4 Å². The summed E-state index contributed by atoms with van der Waals surface area (Å²) in [6, 6.07) is 14.7. The summed E-state index contributed by atoms with van der Waals surface area (Å²) in [7, 11) is 1.58. The van der Waals surface area contributed by atoms with Crippen molar-refractivity contribution in [1.29, 1.82) is 0 Å². The first kappa shape index (κ1) is 25.3. The second-order valence-electron chi connectivity index (χ2n) is 9.49. The van der Waals surface area contributed by atoms with E-state index in [1.807, 2.05) is 12.1 Å². The highest BCUT2D eigenvalue weighted by Gasteiger charge is 2.59. The molecule has 5 atom stereocenters. The molecular formula is C27H32ClIN2O3. The van der Waals surface area contributed by atoms with E-state index < -0.39 is 0 Å². The van der Waals surface area contributed by atoms with Crippen molar-refractivity contribution >= 4 is 46.0 Å². The molecule has 2 N–H and O–H groups in total. The number of fused-ring (bicyclic) bond motifs is 1. The van der Waals surface area contributed by atoms with E-state index in [0.29, 0.717) is 10.8 Å². The SMILES string of the molecule is CC[C@@]12CCC(c3ccc(OCC(=O)NC)cc3Cl)[C@H](c3ccc(CI)cc3)[C@@H]1[C@@H](C)NC2=O. The third-order valence-electron chi connectivity index (χ3n) is 7.88. The standard InChI is InChI=1S/C27H32ClIN2O3/c1-4-27-12-11-21(20-10-9-19(13-22(20)28)34-15-23(32)30-3)24(25(27)16(2)31-26(27)33)18-7-5-17(14-29)6-8-18/h5-10,13,16,21,24-25H,4,11-12,14-15H2,1-3H3,(H,30,32)(H,31,33)/t16-,21?,24+,25+,27-/m1/s1. The van der Waals surface area contributed by atoms with Crippen LogP contribution >= 0.6 is 34.2 Å². The molecule has 2 aromatic carbocycles. The smallest absolute Gasteiger partial charge is 0.257 e. The summed E-state index contributed by atoms with van der Waals surface area (Å²) in [5.41, 5.74) is 3.29. The second kappa shape index (κ2) is 10.4. The Morgan fingerprint density at radius 1 is 1.26 bits per heavy atom. The first-order chi connectivity index (χ1) is 16.3. The summed E-state index contributed by atoms with van der Waals surface area (Å²) in [5.74, 6) is 1.13. The van der Waals surface area contributed by atoms with E-state index in [2.05, 4.69) is 71.3 Å². The van der Waals surface area contributed by atoms with Crippen molar-refractivity contribution in [3.63, 3.8) is 0 Å².